The zero-order chi connectivity index (χ0) is 17.2. The first kappa shape index (κ1) is 16.4. The summed E-state index contributed by atoms with van der Waals surface area (Å²) in [5.41, 5.74) is 0.460. The monoisotopic (exact) mass is 349 g/mol. The summed E-state index contributed by atoms with van der Waals surface area (Å²) in [6, 6.07) is 7.96. The van der Waals surface area contributed by atoms with E-state index >= 15 is 0 Å². The van der Waals surface area contributed by atoms with Gasteiger partial charge in [0.15, 0.2) is 9.84 Å². The summed E-state index contributed by atoms with van der Waals surface area (Å²) in [6.07, 6.45) is 3.11. The number of amides is 1. The molecule has 1 N–H and O–H groups in total. The third kappa shape index (κ3) is 3.88. The molecule has 1 aliphatic rings. The molecular weight excluding hydrogens is 333 g/mol. The Balaban J connectivity index is 1.64. The molecule has 1 aromatic carbocycles. The lowest BCUT2D eigenvalue weighted by Gasteiger charge is -2.11. The first-order valence-corrected chi connectivity index (χ1v) is 9.10. The maximum atomic E-state index is 13.7. The number of nitrogens with zero attached hydrogens (tertiary/aromatic N) is 2. The molecule has 0 bridgehead atoms. The van der Waals surface area contributed by atoms with Crippen LogP contribution in [0.1, 0.15) is 12.0 Å². The molecule has 24 heavy (non-hydrogen) atoms. The van der Waals surface area contributed by atoms with Crippen molar-refractivity contribution >= 4 is 21.6 Å². The largest absolute Gasteiger partial charge is 0.311 e. The van der Waals surface area contributed by atoms with Crippen molar-refractivity contribution < 1.29 is 17.6 Å². The van der Waals surface area contributed by atoms with Crippen molar-refractivity contribution in [3.05, 3.63) is 59.4 Å². The topological polar surface area (TPSA) is 81.1 Å². The van der Waals surface area contributed by atoms with Crippen LogP contribution in [0.4, 0.5) is 10.2 Å². The van der Waals surface area contributed by atoms with Crippen LogP contribution in [0, 0.1) is 11.7 Å². The van der Waals surface area contributed by atoms with Gasteiger partial charge in [-0.1, -0.05) is 24.3 Å². The van der Waals surface area contributed by atoms with E-state index in [1.165, 1.54) is 23.0 Å². The first-order valence-electron chi connectivity index (χ1n) is 7.39. The van der Waals surface area contributed by atoms with Gasteiger partial charge in [-0.05, 0) is 6.07 Å². The van der Waals surface area contributed by atoms with Crippen molar-refractivity contribution in [2.45, 2.75) is 13.0 Å². The minimum atomic E-state index is -3.18. The lowest BCUT2D eigenvalue weighted by Crippen LogP contribution is -2.20. The maximum Gasteiger partial charge on any atom is 0.226 e. The normalized spacial score (nSPS) is 18.6. The second kappa shape index (κ2) is 6.56. The van der Waals surface area contributed by atoms with Gasteiger partial charge in [0.1, 0.15) is 11.6 Å². The number of benzene rings is 1. The number of carbonyl (C=O) groups is 1. The molecule has 6 nitrogen and oxygen atoms in total. The summed E-state index contributed by atoms with van der Waals surface area (Å²) in [6.45, 7) is 0.187. The van der Waals surface area contributed by atoms with Crippen molar-refractivity contribution in [2.24, 2.45) is 5.92 Å². The van der Waals surface area contributed by atoms with Gasteiger partial charge in [0.05, 0.1) is 18.5 Å². The number of carbonyl (C=O) groups excluding carboxylic acids is 1. The molecule has 0 fully saturated rings. The molecule has 0 saturated heterocycles. The van der Waals surface area contributed by atoms with Crippen LogP contribution >= 0.6 is 0 Å². The highest BCUT2D eigenvalue weighted by molar-refractivity contribution is 7.94. The Morgan fingerprint density at radius 2 is 2.12 bits per heavy atom. The third-order valence-electron chi connectivity index (χ3n) is 3.71. The summed E-state index contributed by atoms with van der Waals surface area (Å²) < 4.78 is 37.9. The van der Waals surface area contributed by atoms with Gasteiger partial charge in [0.2, 0.25) is 5.91 Å². The fourth-order valence-corrected chi connectivity index (χ4v) is 3.95. The number of halogens is 1. The number of sulfone groups is 1. The number of nitrogens with one attached hydrogen (secondary N) is 1. The second-order valence-corrected chi connectivity index (χ2v) is 7.57. The average Bonchev–Trinajstić information content (AvgIpc) is 3.08. The Morgan fingerprint density at radius 1 is 1.33 bits per heavy atom. The Hall–Kier alpha value is -2.48. The van der Waals surface area contributed by atoms with E-state index in [4.69, 9.17) is 0 Å². The SMILES string of the molecule is O=C(C[C@@H]1C=CS(=O)(=O)C1)Nc1ccnn1Cc1ccccc1F. The van der Waals surface area contributed by atoms with E-state index < -0.39 is 9.84 Å². The molecule has 0 spiro atoms. The smallest absolute Gasteiger partial charge is 0.226 e. The van der Waals surface area contributed by atoms with E-state index in [1.54, 1.807) is 24.3 Å². The standard InChI is InChI=1S/C16H16FN3O3S/c17-14-4-2-1-3-13(14)10-20-15(5-7-18-20)19-16(21)9-12-6-8-24(22,23)11-12/h1-8,12H,9-11H2,(H,19,21)/t12-/m0/s1. The summed E-state index contributed by atoms with van der Waals surface area (Å²) >= 11 is 0. The molecule has 2 heterocycles. The third-order valence-corrected chi connectivity index (χ3v) is 5.18. The Bertz CT molecular complexity index is 889. The molecule has 0 aliphatic carbocycles. The van der Waals surface area contributed by atoms with E-state index in [0.29, 0.717) is 11.4 Å². The van der Waals surface area contributed by atoms with Crippen molar-refractivity contribution in [3.63, 3.8) is 0 Å². The highest BCUT2D eigenvalue weighted by Gasteiger charge is 2.24. The average molecular weight is 349 g/mol. The van der Waals surface area contributed by atoms with Crippen LogP contribution in [0.25, 0.3) is 0 Å². The van der Waals surface area contributed by atoms with Gasteiger partial charge in [0, 0.05) is 29.4 Å². The van der Waals surface area contributed by atoms with Crippen LogP contribution in [-0.2, 0) is 21.2 Å². The number of hydrogen-bond acceptors (Lipinski definition) is 4. The minimum absolute atomic E-state index is 0.0467. The van der Waals surface area contributed by atoms with Crippen LogP contribution in [0.3, 0.4) is 0 Å². The number of rotatable bonds is 5. The van der Waals surface area contributed by atoms with E-state index in [-0.39, 0.29) is 36.4 Å². The Kier molecular flexibility index (Phi) is 4.48. The highest BCUT2D eigenvalue weighted by Crippen LogP contribution is 2.19. The summed E-state index contributed by atoms with van der Waals surface area (Å²) in [4.78, 5) is 12.1. The van der Waals surface area contributed by atoms with Crippen LogP contribution in [0.5, 0.6) is 0 Å². The van der Waals surface area contributed by atoms with Gasteiger partial charge in [-0.25, -0.2) is 17.5 Å². The number of hydrogen-bond donors (Lipinski definition) is 1. The van der Waals surface area contributed by atoms with Crippen LogP contribution in [-0.4, -0.2) is 29.9 Å². The Morgan fingerprint density at radius 3 is 2.83 bits per heavy atom. The summed E-state index contributed by atoms with van der Waals surface area (Å²) in [5.74, 6) is -0.579. The molecule has 1 atom stereocenters. The van der Waals surface area contributed by atoms with Crippen molar-refractivity contribution in [2.75, 3.05) is 11.1 Å². The highest BCUT2D eigenvalue weighted by atomic mass is 32.2. The van der Waals surface area contributed by atoms with Crippen molar-refractivity contribution in [3.8, 4) is 0 Å². The molecule has 8 heteroatoms. The van der Waals surface area contributed by atoms with E-state index in [9.17, 15) is 17.6 Å². The van der Waals surface area contributed by atoms with Gasteiger partial charge < -0.3 is 5.32 Å². The summed E-state index contributed by atoms with van der Waals surface area (Å²) in [7, 11) is -3.18. The molecule has 126 valence electrons. The number of allylic oxidation sites excluding steroid dienone is 1. The second-order valence-electron chi connectivity index (χ2n) is 5.64. The molecule has 0 unspecified atom stereocenters. The van der Waals surface area contributed by atoms with Crippen LogP contribution in [0.15, 0.2) is 48.0 Å². The predicted molar refractivity (Wildman–Crippen MR) is 87.4 cm³/mol. The van der Waals surface area contributed by atoms with Gasteiger partial charge >= 0.3 is 0 Å². The van der Waals surface area contributed by atoms with E-state index in [0.717, 1.165) is 5.41 Å². The fourth-order valence-electron chi connectivity index (χ4n) is 2.55. The van der Waals surface area contributed by atoms with Gasteiger partial charge in [-0.15, -0.1) is 0 Å². The van der Waals surface area contributed by atoms with Crippen molar-refractivity contribution in [1.29, 1.82) is 0 Å². The minimum Gasteiger partial charge on any atom is -0.311 e. The molecule has 2 aromatic rings. The molecule has 1 aliphatic heterocycles. The molecule has 1 aromatic heterocycles. The number of anilines is 1. The first-order chi connectivity index (χ1) is 11.4. The molecule has 3 rings (SSSR count). The molecule has 1 amide bonds. The van der Waals surface area contributed by atoms with Gasteiger partial charge in [-0.2, -0.15) is 5.10 Å². The number of aromatic nitrogens is 2. The maximum absolute atomic E-state index is 13.7. The van der Waals surface area contributed by atoms with Gasteiger partial charge in [-0.3, -0.25) is 4.79 Å². The molecular formula is C16H16FN3O3S. The van der Waals surface area contributed by atoms with E-state index in [1.807, 2.05) is 0 Å². The fraction of sp³-hybridized carbons (Fsp3) is 0.250. The predicted octanol–water partition coefficient (Wildman–Crippen LogP) is 1.96. The molecule has 0 radical (unpaired) electrons. The zero-order valence-electron chi connectivity index (χ0n) is 12.7. The van der Waals surface area contributed by atoms with Crippen LogP contribution in [0.2, 0.25) is 0 Å². The van der Waals surface area contributed by atoms with E-state index in [2.05, 4.69) is 10.4 Å². The summed E-state index contributed by atoms with van der Waals surface area (Å²) in [5, 5.41) is 7.93. The quantitative estimate of drug-likeness (QED) is 0.895. The van der Waals surface area contributed by atoms with Gasteiger partial charge in [0.25, 0.3) is 0 Å². The van der Waals surface area contributed by atoms with Crippen molar-refractivity contribution in [1.82, 2.24) is 9.78 Å². The zero-order valence-corrected chi connectivity index (χ0v) is 13.5. The molecule has 0 saturated carbocycles. The Labute approximate surface area is 138 Å². The van der Waals surface area contributed by atoms with Crippen LogP contribution < -0.4 is 5.32 Å². The lowest BCUT2D eigenvalue weighted by molar-refractivity contribution is -0.116. The lowest BCUT2D eigenvalue weighted by atomic mass is 10.1.